The highest BCUT2D eigenvalue weighted by Crippen LogP contribution is 1.95. The van der Waals surface area contributed by atoms with Crippen molar-refractivity contribution in [2.24, 2.45) is 5.73 Å². The summed E-state index contributed by atoms with van der Waals surface area (Å²) in [5.74, 6) is -0.431. The zero-order valence-electron chi connectivity index (χ0n) is 10.5. The molecule has 0 aliphatic heterocycles. The molecule has 0 aromatic carbocycles. The molecule has 1 rings (SSSR count). The first-order valence-electron chi connectivity index (χ1n) is 5.69. The number of primary amides is 1. The van der Waals surface area contributed by atoms with Gasteiger partial charge in [-0.1, -0.05) is 19.1 Å². The first kappa shape index (κ1) is 14.1. The van der Waals surface area contributed by atoms with Crippen molar-refractivity contribution in [2.75, 3.05) is 0 Å². The number of rotatable bonds is 6. The molecule has 1 heterocycles. The van der Waals surface area contributed by atoms with Gasteiger partial charge in [0.15, 0.2) is 0 Å². The van der Waals surface area contributed by atoms with Crippen LogP contribution in [0.4, 0.5) is 4.79 Å². The van der Waals surface area contributed by atoms with Crippen LogP contribution in [0.1, 0.15) is 26.0 Å². The molecule has 4 N–H and O–H groups in total. The van der Waals surface area contributed by atoms with Gasteiger partial charge in [-0.15, -0.1) is 5.10 Å². The first-order chi connectivity index (χ1) is 8.47. The molecular formula is C10H18N6O2. The summed E-state index contributed by atoms with van der Waals surface area (Å²) in [5.41, 5.74) is 5.63. The number of nitrogens with zero attached hydrogens (tertiary/aromatic N) is 3. The van der Waals surface area contributed by atoms with E-state index >= 15 is 0 Å². The van der Waals surface area contributed by atoms with Gasteiger partial charge in [0.2, 0.25) is 5.91 Å². The van der Waals surface area contributed by atoms with E-state index in [1.165, 1.54) is 0 Å². The molecule has 100 valence electrons. The number of nitrogens with one attached hydrogen (secondary N) is 2. The zero-order chi connectivity index (χ0) is 13.5. The fourth-order valence-electron chi connectivity index (χ4n) is 1.25. The summed E-state index contributed by atoms with van der Waals surface area (Å²) in [5, 5.41) is 13.0. The number of aryl methyl sites for hydroxylation is 1. The van der Waals surface area contributed by atoms with Crippen molar-refractivity contribution in [2.45, 2.75) is 39.4 Å². The largest absolute Gasteiger partial charge is 0.351 e. The molecule has 8 heteroatoms. The Kier molecular flexibility index (Phi) is 5.25. The van der Waals surface area contributed by atoms with Crippen LogP contribution in [-0.4, -0.2) is 33.0 Å². The molecular weight excluding hydrogens is 236 g/mol. The summed E-state index contributed by atoms with van der Waals surface area (Å²) in [6.45, 7) is 5.07. The molecule has 8 nitrogen and oxygen atoms in total. The number of aromatic nitrogens is 3. The van der Waals surface area contributed by atoms with Crippen molar-refractivity contribution in [1.82, 2.24) is 25.6 Å². The average molecular weight is 254 g/mol. The Bertz CT molecular complexity index is 414. The number of imide groups is 1. The fourth-order valence-corrected chi connectivity index (χ4v) is 1.25. The van der Waals surface area contributed by atoms with Crippen molar-refractivity contribution in [3.63, 3.8) is 0 Å². The Morgan fingerprint density at radius 1 is 1.50 bits per heavy atom. The Hall–Kier alpha value is -1.96. The van der Waals surface area contributed by atoms with Crippen LogP contribution in [0.2, 0.25) is 0 Å². The van der Waals surface area contributed by atoms with Gasteiger partial charge in [0, 0.05) is 25.2 Å². The van der Waals surface area contributed by atoms with Crippen LogP contribution in [-0.2, 0) is 17.9 Å². The van der Waals surface area contributed by atoms with E-state index in [0.29, 0.717) is 19.1 Å². The molecule has 0 spiro atoms. The van der Waals surface area contributed by atoms with Crippen molar-refractivity contribution in [3.05, 3.63) is 11.9 Å². The molecule has 0 atom stereocenters. The number of nitrogens with two attached hydrogens (primary N) is 1. The van der Waals surface area contributed by atoms with Crippen LogP contribution in [0.5, 0.6) is 0 Å². The van der Waals surface area contributed by atoms with Gasteiger partial charge in [0.05, 0.1) is 12.2 Å². The number of amides is 3. The Labute approximate surface area is 105 Å². The fraction of sp³-hybridized carbons (Fsp3) is 0.600. The highest BCUT2D eigenvalue weighted by atomic mass is 16.2. The molecule has 1 aromatic heterocycles. The van der Waals surface area contributed by atoms with Crippen molar-refractivity contribution < 1.29 is 9.59 Å². The van der Waals surface area contributed by atoms with E-state index in [1.807, 2.05) is 19.2 Å². The van der Waals surface area contributed by atoms with Gasteiger partial charge in [-0.05, 0) is 0 Å². The minimum absolute atomic E-state index is 0.128. The molecule has 3 amide bonds. The molecule has 0 aliphatic rings. The number of hydrogen-bond donors (Lipinski definition) is 3. The summed E-state index contributed by atoms with van der Waals surface area (Å²) >= 11 is 0. The lowest BCUT2D eigenvalue weighted by molar-refractivity contribution is -0.120. The lowest BCUT2D eigenvalue weighted by atomic mass is 10.3. The zero-order valence-corrected chi connectivity index (χ0v) is 10.5. The van der Waals surface area contributed by atoms with Crippen LogP contribution in [0.3, 0.4) is 0 Å². The molecule has 0 radical (unpaired) electrons. The van der Waals surface area contributed by atoms with Gasteiger partial charge in [0.25, 0.3) is 0 Å². The van der Waals surface area contributed by atoms with Crippen molar-refractivity contribution in [1.29, 1.82) is 0 Å². The predicted octanol–water partition coefficient (Wildman–Crippen LogP) is -0.639. The highest BCUT2D eigenvalue weighted by molar-refractivity contribution is 5.93. The SMILES string of the molecule is CC(C)NCc1cn(CCC(=O)NC(N)=O)nn1. The van der Waals surface area contributed by atoms with E-state index in [-0.39, 0.29) is 6.42 Å². The molecule has 0 saturated heterocycles. The first-order valence-corrected chi connectivity index (χ1v) is 5.69. The van der Waals surface area contributed by atoms with Gasteiger partial charge in [-0.3, -0.25) is 14.8 Å². The maximum atomic E-state index is 11.2. The third kappa shape index (κ3) is 5.39. The van der Waals surface area contributed by atoms with Crippen LogP contribution in [0.25, 0.3) is 0 Å². The number of urea groups is 1. The van der Waals surface area contributed by atoms with E-state index in [2.05, 4.69) is 15.6 Å². The Morgan fingerprint density at radius 2 is 2.22 bits per heavy atom. The monoisotopic (exact) mass is 254 g/mol. The van der Waals surface area contributed by atoms with E-state index in [0.717, 1.165) is 5.69 Å². The summed E-state index contributed by atoms with van der Waals surface area (Å²) in [6, 6.07) is -0.475. The van der Waals surface area contributed by atoms with E-state index < -0.39 is 11.9 Å². The molecule has 1 aromatic rings. The standard InChI is InChI=1S/C10H18N6O2/c1-7(2)12-5-8-6-16(15-14-8)4-3-9(17)13-10(11)18/h6-7,12H,3-5H2,1-2H3,(H3,11,13,17,18). The normalized spacial score (nSPS) is 10.6. The molecule has 0 aliphatic carbocycles. The maximum absolute atomic E-state index is 11.2. The van der Waals surface area contributed by atoms with Gasteiger partial charge in [-0.2, -0.15) is 0 Å². The van der Waals surface area contributed by atoms with Gasteiger partial charge in [-0.25, -0.2) is 4.79 Å². The third-order valence-electron chi connectivity index (χ3n) is 2.11. The van der Waals surface area contributed by atoms with E-state index in [4.69, 9.17) is 5.73 Å². The van der Waals surface area contributed by atoms with Gasteiger partial charge < -0.3 is 11.1 Å². The minimum Gasteiger partial charge on any atom is -0.351 e. The van der Waals surface area contributed by atoms with Gasteiger partial charge >= 0.3 is 6.03 Å². The topological polar surface area (TPSA) is 115 Å². The van der Waals surface area contributed by atoms with Crippen molar-refractivity contribution in [3.8, 4) is 0 Å². The number of carbonyl (C=O) groups excluding carboxylic acids is 2. The predicted molar refractivity (Wildman–Crippen MR) is 64.3 cm³/mol. The molecule has 0 fully saturated rings. The number of carbonyl (C=O) groups is 2. The van der Waals surface area contributed by atoms with E-state index in [1.54, 1.807) is 10.9 Å². The molecule has 0 unspecified atom stereocenters. The van der Waals surface area contributed by atoms with Crippen LogP contribution >= 0.6 is 0 Å². The summed E-state index contributed by atoms with van der Waals surface area (Å²) in [4.78, 5) is 21.6. The molecule has 18 heavy (non-hydrogen) atoms. The Morgan fingerprint density at radius 3 is 2.83 bits per heavy atom. The summed E-state index contributed by atoms with van der Waals surface area (Å²) in [6.07, 6.45) is 1.89. The number of hydrogen-bond acceptors (Lipinski definition) is 5. The van der Waals surface area contributed by atoms with E-state index in [9.17, 15) is 9.59 Å². The highest BCUT2D eigenvalue weighted by Gasteiger charge is 2.06. The van der Waals surface area contributed by atoms with Crippen LogP contribution in [0, 0.1) is 0 Å². The lowest BCUT2D eigenvalue weighted by Crippen LogP contribution is -2.35. The average Bonchev–Trinajstić information content (AvgIpc) is 2.70. The second kappa shape index (κ2) is 6.70. The maximum Gasteiger partial charge on any atom is 0.318 e. The van der Waals surface area contributed by atoms with Crippen molar-refractivity contribution >= 4 is 11.9 Å². The van der Waals surface area contributed by atoms with Gasteiger partial charge in [0.1, 0.15) is 0 Å². The Balaban J connectivity index is 2.35. The van der Waals surface area contributed by atoms with Crippen LogP contribution < -0.4 is 16.4 Å². The second-order valence-corrected chi connectivity index (χ2v) is 4.17. The quantitative estimate of drug-likeness (QED) is 0.624. The minimum atomic E-state index is -0.847. The molecule has 0 bridgehead atoms. The third-order valence-corrected chi connectivity index (χ3v) is 2.11. The smallest absolute Gasteiger partial charge is 0.318 e. The lowest BCUT2D eigenvalue weighted by Gasteiger charge is -2.04. The van der Waals surface area contributed by atoms with Crippen LogP contribution in [0.15, 0.2) is 6.20 Å². The second-order valence-electron chi connectivity index (χ2n) is 4.17. The summed E-state index contributed by atoms with van der Waals surface area (Å²) in [7, 11) is 0. The summed E-state index contributed by atoms with van der Waals surface area (Å²) < 4.78 is 1.55. The molecule has 0 saturated carbocycles.